The lowest BCUT2D eigenvalue weighted by Gasteiger charge is -2.10. The molecular weight excluding hydrogens is 290 g/mol. The minimum absolute atomic E-state index is 0.205. The van der Waals surface area contributed by atoms with E-state index in [9.17, 15) is 8.42 Å². The molecule has 0 fully saturated rings. The number of hydrogen-bond acceptors (Lipinski definition) is 6. The maximum atomic E-state index is 11.4. The lowest BCUT2D eigenvalue weighted by Crippen LogP contribution is -2.05. The van der Waals surface area contributed by atoms with Crippen molar-refractivity contribution in [3.63, 3.8) is 0 Å². The quantitative estimate of drug-likeness (QED) is 0.816. The summed E-state index contributed by atoms with van der Waals surface area (Å²) in [7, 11) is -1.69. The molecule has 6 nitrogen and oxygen atoms in total. The van der Waals surface area contributed by atoms with Gasteiger partial charge in [0.15, 0.2) is 9.84 Å². The second-order valence-corrected chi connectivity index (χ2v) is 6.60. The van der Waals surface area contributed by atoms with Crippen molar-refractivity contribution in [2.75, 3.05) is 24.4 Å². The highest BCUT2D eigenvalue weighted by atomic mass is 32.2. The molecule has 0 amide bonds. The SMILES string of the molecule is COc1ccc(CNc2ccc(S(C)(=O)=O)cc2N)cn1. The van der Waals surface area contributed by atoms with E-state index in [0.717, 1.165) is 11.8 Å². The molecule has 0 saturated heterocycles. The first-order chi connectivity index (χ1) is 9.90. The lowest BCUT2D eigenvalue weighted by molar-refractivity contribution is 0.397. The summed E-state index contributed by atoms with van der Waals surface area (Å²) in [6, 6.07) is 8.29. The molecule has 112 valence electrons. The van der Waals surface area contributed by atoms with Gasteiger partial charge in [-0.3, -0.25) is 0 Å². The van der Waals surface area contributed by atoms with Crippen molar-refractivity contribution in [2.45, 2.75) is 11.4 Å². The first kappa shape index (κ1) is 15.1. The standard InChI is InChI=1S/C14H17N3O3S/c1-20-14-6-3-10(9-17-14)8-16-13-5-4-11(7-12(13)15)21(2,18)19/h3-7,9,16H,8,15H2,1-2H3. The number of nitrogens with zero attached hydrogens (tertiary/aromatic N) is 1. The molecule has 0 spiro atoms. The van der Waals surface area contributed by atoms with Crippen LogP contribution in [-0.2, 0) is 16.4 Å². The van der Waals surface area contributed by atoms with Gasteiger partial charge in [-0.05, 0) is 23.8 Å². The number of methoxy groups -OCH3 is 1. The zero-order chi connectivity index (χ0) is 15.5. The number of hydrogen-bond donors (Lipinski definition) is 2. The van der Waals surface area contributed by atoms with Crippen molar-refractivity contribution in [3.05, 3.63) is 42.1 Å². The summed E-state index contributed by atoms with van der Waals surface area (Å²) in [4.78, 5) is 4.31. The third kappa shape index (κ3) is 3.85. The van der Waals surface area contributed by atoms with Gasteiger partial charge in [0.25, 0.3) is 0 Å². The summed E-state index contributed by atoms with van der Waals surface area (Å²) in [5.41, 5.74) is 7.89. The van der Waals surface area contributed by atoms with Crippen LogP contribution in [0.4, 0.5) is 11.4 Å². The van der Waals surface area contributed by atoms with Gasteiger partial charge >= 0.3 is 0 Å². The summed E-state index contributed by atoms with van der Waals surface area (Å²) >= 11 is 0. The van der Waals surface area contributed by atoms with Crippen molar-refractivity contribution in [2.24, 2.45) is 0 Å². The fourth-order valence-electron chi connectivity index (χ4n) is 1.77. The zero-order valence-electron chi connectivity index (χ0n) is 11.8. The molecule has 3 N–H and O–H groups in total. The summed E-state index contributed by atoms with van der Waals surface area (Å²) in [6.07, 6.45) is 2.85. The number of rotatable bonds is 5. The smallest absolute Gasteiger partial charge is 0.212 e. The molecule has 0 aliphatic rings. The normalized spacial score (nSPS) is 11.1. The summed E-state index contributed by atoms with van der Waals surface area (Å²) in [5, 5.41) is 3.14. The Morgan fingerprint density at radius 2 is 2.05 bits per heavy atom. The topological polar surface area (TPSA) is 94.3 Å². The number of pyridine rings is 1. The van der Waals surface area contributed by atoms with Crippen LogP contribution in [0.25, 0.3) is 0 Å². The van der Waals surface area contributed by atoms with E-state index >= 15 is 0 Å². The fourth-order valence-corrected chi connectivity index (χ4v) is 2.42. The van der Waals surface area contributed by atoms with Crippen LogP contribution in [0.1, 0.15) is 5.56 Å². The maximum Gasteiger partial charge on any atom is 0.212 e. The van der Waals surface area contributed by atoms with Crippen LogP contribution in [0.3, 0.4) is 0 Å². The van der Waals surface area contributed by atoms with Crippen LogP contribution >= 0.6 is 0 Å². The molecule has 7 heteroatoms. The molecule has 1 heterocycles. The van der Waals surface area contributed by atoms with Crippen molar-refractivity contribution in [1.29, 1.82) is 0 Å². The van der Waals surface area contributed by atoms with Crippen molar-refractivity contribution in [1.82, 2.24) is 4.98 Å². The Morgan fingerprint density at radius 3 is 2.57 bits per heavy atom. The molecular formula is C14H17N3O3S. The molecule has 0 atom stereocenters. The maximum absolute atomic E-state index is 11.4. The van der Waals surface area contributed by atoms with Gasteiger partial charge in [0.2, 0.25) is 5.88 Å². The Morgan fingerprint density at radius 1 is 1.29 bits per heavy atom. The Labute approximate surface area is 123 Å². The van der Waals surface area contributed by atoms with E-state index in [4.69, 9.17) is 10.5 Å². The van der Waals surface area contributed by atoms with Crippen molar-refractivity contribution in [3.8, 4) is 5.88 Å². The number of ether oxygens (including phenoxy) is 1. The molecule has 0 bridgehead atoms. The molecule has 21 heavy (non-hydrogen) atoms. The van der Waals surface area contributed by atoms with Gasteiger partial charge in [0.05, 0.1) is 23.4 Å². The van der Waals surface area contributed by atoms with E-state index in [-0.39, 0.29) is 4.90 Å². The van der Waals surface area contributed by atoms with E-state index in [0.29, 0.717) is 23.8 Å². The number of nitrogens with two attached hydrogens (primary N) is 1. The van der Waals surface area contributed by atoms with E-state index in [1.807, 2.05) is 6.07 Å². The van der Waals surface area contributed by atoms with Gasteiger partial charge in [0, 0.05) is 25.1 Å². The van der Waals surface area contributed by atoms with E-state index in [2.05, 4.69) is 10.3 Å². The Balaban J connectivity index is 2.09. The van der Waals surface area contributed by atoms with Crippen molar-refractivity contribution < 1.29 is 13.2 Å². The van der Waals surface area contributed by atoms with Gasteiger partial charge in [-0.2, -0.15) is 0 Å². The predicted octanol–water partition coefficient (Wildman–Crippen LogP) is 1.69. The number of aromatic nitrogens is 1. The lowest BCUT2D eigenvalue weighted by atomic mass is 10.2. The van der Waals surface area contributed by atoms with E-state index in [1.54, 1.807) is 25.4 Å². The van der Waals surface area contributed by atoms with Crippen LogP contribution in [0, 0.1) is 0 Å². The highest BCUT2D eigenvalue weighted by Crippen LogP contribution is 2.23. The molecule has 0 saturated carbocycles. The van der Waals surface area contributed by atoms with Crippen LogP contribution in [0.15, 0.2) is 41.4 Å². The monoisotopic (exact) mass is 307 g/mol. The molecule has 2 aromatic rings. The second-order valence-electron chi connectivity index (χ2n) is 4.58. The number of anilines is 2. The predicted molar refractivity (Wildman–Crippen MR) is 82.1 cm³/mol. The average molecular weight is 307 g/mol. The molecule has 2 rings (SSSR count). The Hall–Kier alpha value is -2.28. The molecule has 1 aromatic carbocycles. The van der Waals surface area contributed by atoms with Crippen LogP contribution in [0.2, 0.25) is 0 Å². The summed E-state index contributed by atoms with van der Waals surface area (Å²) < 4.78 is 27.9. The van der Waals surface area contributed by atoms with Crippen LogP contribution < -0.4 is 15.8 Å². The fraction of sp³-hybridized carbons (Fsp3) is 0.214. The molecule has 0 unspecified atom stereocenters. The zero-order valence-corrected chi connectivity index (χ0v) is 12.6. The Bertz CT molecular complexity index is 728. The number of nitrogens with one attached hydrogen (secondary N) is 1. The third-order valence-corrected chi connectivity index (χ3v) is 4.05. The van der Waals surface area contributed by atoms with Gasteiger partial charge in [-0.1, -0.05) is 6.07 Å². The first-order valence-corrected chi connectivity index (χ1v) is 8.11. The molecule has 1 aromatic heterocycles. The number of nitrogen functional groups attached to an aromatic ring is 1. The Kier molecular flexibility index (Phi) is 4.32. The number of benzene rings is 1. The summed E-state index contributed by atoms with van der Waals surface area (Å²) in [6.45, 7) is 0.527. The average Bonchev–Trinajstić information content (AvgIpc) is 2.45. The minimum Gasteiger partial charge on any atom is -0.481 e. The highest BCUT2D eigenvalue weighted by Gasteiger charge is 2.09. The highest BCUT2D eigenvalue weighted by molar-refractivity contribution is 7.90. The van der Waals surface area contributed by atoms with Gasteiger partial charge in [-0.15, -0.1) is 0 Å². The van der Waals surface area contributed by atoms with Crippen molar-refractivity contribution >= 4 is 21.2 Å². The van der Waals surface area contributed by atoms with Crippen LogP contribution in [0.5, 0.6) is 5.88 Å². The number of sulfone groups is 1. The van der Waals surface area contributed by atoms with E-state index < -0.39 is 9.84 Å². The third-order valence-electron chi connectivity index (χ3n) is 2.94. The molecule has 0 aliphatic heterocycles. The van der Waals surface area contributed by atoms with Gasteiger partial charge in [-0.25, -0.2) is 13.4 Å². The minimum atomic E-state index is -3.25. The molecule has 0 radical (unpaired) electrons. The van der Waals surface area contributed by atoms with Gasteiger partial charge < -0.3 is 15.8 Å². The summed E-state index contributed by atoms with van der Waals surface area (Å²) in [5.74, 6) is 0.552. The first-order valence-electron chi connectivity index (χ1n) is 6.22. The largest absolute Gasteiger partial charge is 0.481 e. The van der Waals surface area contributed by atoms with E-state index in [1.165, 1.54) is 12.1 Å². The molecule has 0 aliphatic carbocycles. The van der Waals surface area contributed by atoms with Gasteiger partial charge in [0.1, 0.15) is 0 Å². The second kappa shape index (κ2) is 6.01. The van der Waals surface area contributed by atoms with Crippen LogP contribution in [-0.4, -0.2) is 26.8 Å².